The van der Waals surface area contributed by atoms with Crippen molar-refractivity contribution in [2.75, 3.05) is 32.3 Å². The zero-order valence-corrected chi connectivity index (χ0v) is 18.1. The number of alkyl halides is 3. The number of ether oxygens (including phenoxy) is 3. The molecule has 4 heterocycles. The van der Waals surface area contributed by atoms with Crippen LogP contribution < -0.4 is 14.4 Å². The Kier molecular flexibility index (Phi) is 6.39. The molecule has 1 amide bonds. The maximum atomic E-state index is 13.1. The lowest BCUT2D eigenvalue weighted by molar-refractivity contribution is -0.142. The van der Waals surface area contributed by atoms with Crippen molar-refractivity contribution in [3.63, 3.8) is 0 Å². The molecule has 3 aromatic rings. The molecule has 180 valence electrons. The molecular formula is C21H20F3N5O5. The van der Waals surface area contributed by atoms with E-state index in [4.69, 9.17) is 14.2 Å². The molecular weight excluding hydrogens is 459 g/mol. The van der Waals surface area contributed by atoms with Crippen molar-refractivity contribution in [2.24, 2.45) is 0 Å². The lowest BCUT2D eigenvalue weighted by Gasteiger charge is -2.23. The summed E-state index contributed by atoms with van der Waals surface area (Å²) >= 11 is 0. The number of nitrogens with zero attached hydrogens (tertiary/aromatic N) is 5. The number of amides is 1. The van der Waals surface area contributed by atoms with Crippen molar-refractivity contribution in [1.82, 2.24) is 19.7 Å². The number of aliphatic hydroxyl groups is 1. The summed E-state index contributed by atoms with van der Waals surface area (Å²) in [6.07, 6.45) is -1.78. The Hall–Kier alpha value is -3.71. The molecule has 0 saturated heterocycles. The molecule has 0 spiro atoms. The van der Waals surface area contributed by atoms with E-state index in [9.17, 15) is 23.1 Å². The second kappa shape index (κ2) is 9.27. The summed E-state index contributed by atoms with van der Waals surface area (Å²) in [4.78, 5) is 23.0. The van der Waals surface area contributed by atoms with Crippen LogP contribution in [0.5, 0.6) is 11.6 Å². The smallest absolute Gasteiger partial charge is 0.408 e. The van der Waals surface area contributed by atoms with E-state index in [1.807, 2.05) is 0 Å². The van der Waals surface area contributed by atoms with Gasteiger partial charge in [0.25, 0.3) is 11.8 Å². The van der Waals surface area contributed by atoms with Crippen molar-refractivity contribution < 1.29 is 37.3 Å². The van der Waals surface area contributed by atoms with E-state index in [1.165, 1.54) is 20.4 Å². The number of halogens is 3. The molecule has 1 aliphatic heterocycles. The molecule has 1 atom stereocenters. The number of rotatable bonds is 8. The van der Waals surface area contributed by atoms with Crippen molar-refractivity contribution >= 4 is 11.6 Å². The van der Waals surface area contributed by atoms with Crippen LogP contribution in [0, 0.1) is 0 Å². The SMILES string of the molecule is COc1cc(-c2ccc3c(n2)[C@@H](OCCO)N(c2cnn(CC(F)(F)F)c2)C3=O)cnc1OC. The number of anilines is 1. The minimum Gasteiger partial charge on any atom is -0.491 e. The quantitative estimate of drug-likeness (QED) is 0.525. The second-order valence-electron chi connectivity index (χ2n) is 7.20. The first-order valence-electron chi connectivity index (χ1n) is 10.00. The van der Waals surface area contributed by atoms with E-state index >= 15 is 0 Å². The fourth-order valence-electron chi connectivity index (χ4n) is 3.55. The Morgan fingerprint density at radius 2 is 1.97 bits per heavy atom. The van der Waals surface area contributed by atoms with Crippen LogP contribution in [0.25, 0.3) is 11.3 Å². The summed E-state index contributed by atoms with van der Waals surface area (Å²) in [6, 6.07) is 4.82. The number of hydrogen-bond donors (Lipinski definition) is 1. The summed E-state index contributed by atoms with van der Waals surface area (Å²) in [7, 11) is 2.92. The molecule has 0 unspecified atom stereocenters. The predicted molar refractivity (Wildman–Crippen MR) is 111 cm³/mol. The molecule has 0 fully saturated rings. The number of methoxy groups -OCH3 is 2. The van der Waals surface area contributed by atoms with Gasteiger partial charge in [-0.3, -0.25) is 14.4 Å². The van der Waals surface area contributed by atoms with E-state index in [1.54, 1.807) is 18.2 Å². The highest BCUT2D eigenvalue weighted by Crippen LogP contribution is 2.39. The summed E-state index contributed by atoms with van der Waals surface area (Å²) in [5.41, 5.74) is 1.58. The highest BCUT2D eigenvalue weighted by molar-refractivity contribution is 6.10. The van der Waals surface area contributed by atoms with Crippen LogP contribution in [0.1, 0.15) is 22.3 Å². The first kappa shape index (κ1) is 23.4. The Morgan fingerprint density at radius 3 is 2.65 bits per heavy atom. The maximum absolute atomic E-state index is 13.1. The molecule has 1 N–H and O–H groups in total. The van der Waals surface area contributed by atoms with Crippen molar-refractivity contribution in [2.45, 2.75) is 18.9 Å². The van der Waals surface area contributed by atoms with Crippen molar-refractivity contribution in [3.05, 3.63) is 48.0 Å². The Labute approximate surface area is 191 Å². The van der Waals surface area contributed by atoms with Crippen molar-refractivity contribution in [3.8, 4) is 22.9 Å². The number of pyridine rings is 2. The second-order valence-corrected chi connectivity index (χ2v) is 7.20. The third-order valence-electron chi connectivity index (χ3n) is 4.98. The topological polar surface area (TPSA) is 112 Å². The highest BCUT2D eigenvalue weighted by atomic mass is 19.4. The summed E-state index contributed by atoms with van der Waals surface area (Å²) < 4.78 is 55.0. The van der Waals surface area contributed by atoms with Crippen LogP contribution in [-0.4, -0.2) is 64.4 Å². The maximum Gasteiger partial charge on any atom is 0.408 e. The molecule has 1 aliphatic rings. The number of aromatic nitrogens is 4. The van der Waals surface area contributed by atoms with Crippen LogP contribution in [0.3, 0.4) is 0 Å². The van der Waals surface area contributed by atoms with Crippen LogP contribution in [0.4, 0.5) is 18.9 Å². The zero-order valence-electron chi connectivity index (χ0n) is 18.1. The van der Waals surface area contributed by atoms with Gasteiger partial charge in [0.15, 0.2) is 12.0 Å². The van der Waals surface area contributed by atoms with Crippen LogP contribution in [0.15, 0.2) is 36.8 Å². The van der Waals surface area contributed by atoms with Crippen LogP contribution >= 0.6 is 0 Å². The highest BCUT2D eigenvalue weighted by Gasteiger charge is 2.41. The van der Waals surface area contributed by atoms with Crippen LogP contribution in [-0.2, 0) is 11.3 Å². The molecule has 0 saturated carbocycles. The fraction of sp³-hybridized carbons (Fsp3) is 0.333. The van der Waals surface area contributed by atoms with Gasteiger partial charge in [0.2, 0.25) is 0 Å². The van der Waals surface area contributed by atoms with E-state index in [2.05, 4.69) is 15.1 Å². The van der Waals surface area contributed by atoms with Gasteiger partial charge < -0.3 is 19.3 Å². The molecule has 34 heavy (non-hydrogen) atoms. The Morgan fingerprint density at radius 1 is 1.18 bits per heavy atom. The van der Waals surface area contributed by atoms with Gasteiger partial charge in [0.1, 0.15) is 12.2 Å². The first-order chi connectivity index (χ1) is 16.3. The van der Waals surface area contributed by atoms with Gasteiger partial charge in [-0.05, 0) is 18.2 Å². The third-order valence-corrected chi connectivity index (χ3v) is 4.98. The molecule has 0 radical (unpaired) electrons. The van der Waals surface area contributed by atoms with E-state index in [0.717, 1.165) is 17.3 Å². The fourth-order valence-corrected chi connectivity index (χ4v) is 3.55. The molecule has 0 aromatic carbocycles. The van der Waals surface area contributed by atoms with E-state index < -0.39 is 24.9 Å². The summed E-state index contributed by atoms with van der Waals surface area (Å²) in [6.45, 7) is -1.77. The first-order valence-corrected chi connectivity index (χ1v) is 10.00. The van der Waals surface area contributed by atoms with Crippen molar-refractivity contribution in [1.29, 1.82) is 0 Å². The van der Waals surface area contributed by atoms with Gasteiger partial charge in [-0.25, -0.2) is 9.97 Å². The van der Waals surface area contributed by atoms with E-state index in [0.29, 0.717) is 21.7 Å². The Balaban J connectivity index is 1.72. The minimum atomic E-state index is -4.47. The van der Waals surface area contributed by atoms with Gasteiger partial charge >= 0.3 is 6.18 Å². The number of hydrogen-bond acceptors (Lipinski definition) is 8. The lowest BCUT2D eigenvalue weighted by atomic mass is 10.1. The minimum absolute atomic E-state index is 0.101. The lowest BCUT2D eigenvalue weighted by Crippen LogP contribution is -2.30. The third kappa shape index (κ3) is 4.52. The normalized spacial score (nSPS) is 15.5. The molecule has 4 rings (SSSR count). The average molecular weight is 479 g/mol. The number of aliphatic hydroxyl groups excluding tert-OH is 1. The van der Waals surface area contributed by atoms with Gasteiger partial charge in [0, 0.05) is 18.0 Å². The predicted octanol–water partition coefficient (Wildman–Crippen LogP) is 2.59. The molecule has 0 aliphatic carbocycles. The molecule has 10 nitrogen and oxygen atoms in total. The molecule has 3 aromatic heterocycles. The number of carbonyl (C=O) groups is 1. The summed E-state index contributed by atoms with van der Waals surface area (Å²) in [5, 5.41) is 12.9. The molecule has 13 heteroatoms. The standard InChI is InChI=1S/C21H20F3N5O5/c1-32-16-7-12(8-25-18(16)33-2)15-4-3-14-17(27-15)20(34-6-5-30)29(19(14)31)13-9-26-28(10-13)11-21(22,23)24/h3-4,7-10,20,30H,5-6,11H2,1-2H3/t20-/m1/s1. The summed E-state index contributed by atoms with van der Waals surface area (Å²) in [5.74, 6) is 0.146. The van der Waals surface area contributed by atoms with Gasteiger partial charge in [0.05, 0.1) is 50.6 Å². The zero-order chi connectivity index (χ0) is 24.5. The van der Waals surface area contributed by atoms with Gasteiger partial charge in [-0.15, -0.1) is 0 Å². The number of carbonyl (C=O) groups excluding carboxylic acids is 1. The Bertz CT molecular complexity index is 1200. The largest absolute Gasteiger partial charge is 0.491 e. The van der Waals surface area contributed by atoms with Crippen LogP contribution in [0.2, 0.25) is 0 Å². The average Bonchev–Trinajstić information content (AvgIpc) is 3.37. The van der Waals surface area contributed by atoms with Gasteiger partial charge in [-0.1, -0.05) is 0 Å². The van der Waals surface area contributed by atoms with E-state index in [-0.39, 0.29) is 36.0 Å². The monoisotopic (exact) mass is 479 g/mol. The molecule has 0 bridgehead atoms. The number of fused-ring (bicyclic) bond motifs is 1. The van der Waals surface area contributed by atoms with Gasteiger partial charge in [-0.2, -0.15) is 18.3 Å².